The molecule has 48 heavy (non-hydrogen) atoms. The van der Waals surface area contributed by atoms with Crippen LogP contribution in [0.1, 0.15) is 113 Å². The second-order valence-corrected chi connectivity index (χ2v) is 18.5. The van der Waals surface area contributed by atoms with Crippen molar-refractivity contribution in [3.63, 3.8) is 0 Å². The van der Waals surface area contributed by atoms with Crippen LogP contribution in [-0.2, 0) is 19.0 Å². The van der Waals surface area contributed by atoms with Gasteiger partial charge in [-0.2, -0.15) is 0 Å². The van der Waals surface area contributed by atoms with Gasteiger partial charge in [0.15, 0.2) is 0 Å². The van der Waals surface area contributed by atoms with Crippen LogP contribution in [0.3, 0.4) is 0 Å². The lowest BCUT2D eigenvalue weighted by Gasteiger charge is -2.63. The molecule has 2 spiro atoms. The van der Waals surface area contributed by atoms with Gasteiger partial charge in [-0.15, -0.1) is 0 Å². The van der Waals surface area contributed by atoms with Crippen molar-refractivity contribution in [2.24, 2.45) is 56.7 Å². The van der Waals surface area contributed by atoms with Gasteiger partial charge in [-0.25, -0.2) is 9.59 Å². The molecule has 2 aliphatic heterocycles. The fourth-order valence-corrected chi connectivity index (χ4v) is 13.5. The first-order valence-corrected chi connectivity index (χ1v) is 19.0. The number of nitrogens with zero attached hydrogens (tertiary/aromatic N) is 1. The maximum Gasteiger partial charge on any atom is 0.410 e. The lowest BCUT2D eigenvalue weighted by atomic mass is 9.41. The lowest BCUT2D eigenvalue weighted by Crippen LogP contribution is -2.60. The van der Waals surface area contributed by atoms with Gasteiger partial charge in [0.2, 0.25) is 0 Å². The summed E-state index contributed by atoms with van der Waals surface area (Å²) in [6.07, 6.45) is 6.67. The minimum absolute atomic E-state index is 0.0560. The summed E-state index contributed by atoms with van der Waals surface area (Å²) in [5.41, 5.74) is -0.175. The third kappa shape index (κ3) is 4.65. The SMILES string of the molecule is CC(C)[C@@H](OC(=O)N1CCC1)[C@H]1C[C@@H](C)[C@H]2[C@H](O1)[C@H](O)[C@@]1(C)[C@@H]3CC[C@H]4C(C)(C)[C@@H](OC(=O)NCCC(=O)O)CC[C@@]45C[C@@]35CC[C@]21C. The van der Waals surface area contributed by atoms with E-state index in [1.54, 1.807) is 4.90 Å². The molecule has 2 saturated heterocycles. The predicted octanol–water partition coefficient (Wildman–Crippen LogP) is 6.24. The number of likely N-dealkylation sites (tertiary alicyclic amines) is 1. The van der Waals surface area contributed by atoms with Gasteiger partial charge in [-0.05, 0) is 104 Å². The average Bonchev–Trinajstić information content (AvgIpc) is 3.61. The zero-order chi connectivity index (χ0) is 34.6. The monoisotopic (exact) mass is 672 g/mol. The van der Waals surface area contributed by atoms with Gasteiger partial charge in [0.05, 0.1) is 24.7 Å². The maximum absolute atomic E-state index is 12.9. The van der Waals surface area contributed by atoms with E-state index in [0.717, 1.165) is 58.0 Å². The molecule has 7 aliphatic rings. The molecule has 5 saturated carbocycles. The number of ether oxygens (including phenoxy) is 3. The number of nitrogens with one attached hydrogen (secondary N) is 1. The quantitative estimate of drug-likeness (QED) is 0.290. The number of aliphatic hydroxyl groups excluding tert-OH is 1. The summed E-state index contributed by atoms with van der Waals surface area (Å²) in [5.74, 6) is 0.571. The van der Waals surface area contributed by atoms with Crippen LogP contribution in [0.4, 0.5) is 9.59 Å². The first-order chi connectivity index (χ1) is 22.5. The van der Waals surface area contributed by atoms with Gasteiger partial charge in [-0.1, -0.05) is 48.5 Å². The first-order valence-electron chi connectivity index (χ1n) is 19.0. The van der Waals surface area contributed by atoms with E-state index in [0.29, 0.717) is 17.8 Å². The standard InChI is InChI=1S/C38H60N2O8/c1-21(2)29(48-33(45)40-17-8-18-40)23-19-22(3)28-30(46-23)31(43)36(7)25-10-9-24-34(4,5)26(47-32(44)39-16-12-27(41)42)11-13-37(24)20-38(25,37)15-14-35(28,36)6/h21-26,28-31,43H,8-20H2,1-7H3,(H,39,44)(H,41,42)/t22-,23-,24+,25+,26+,28+,29-,30+,31+,35-,36-,37-,38+/m1/s1. The number of amides is 2. The first kappa shape index (κ1) is 34.4. The van der Waals surface area contributed by atoms with Crippen LogP contribution < -0.4 is 5.32 Å². The molecule has 5 aliphatic carbocycles. The number of alkyl carbamates (subject to hydrolysis) is 1. The highest BCUT2D eigenvalue weighted by atomic mass is 16.6. The van der Waals surface area contributed by atoms with Gasteiger partial charge in [0.25, 0.3) is 0 Å². The Morgan fingerprint density at radius 3 is 2.33 bits per heavy atom. The summed E-state index contributed by atoms with van der Waals surface area (Å²) >= 11 is 0. The highest BCUT2D eigenvalue weighted by Gasteiger charge is 2.84. The molecule has 10 nitrogen and oxygen atoms in total. The fourth-order valence-electron chi connectivity index (χ4n) is 13.5. The van der Waals surface area contributed by atoms with Gasteiger partial charge in [-0.3, -0.25) is 4.79 Å². The fraction of sp³-hybridized carbons (Fsp3) is 0.921. The molecule has 2 amide bonds. The van der Waals surface area contributed by atoms with Gasteiger partial charge in [0, 0.05) is 30.5 Å². The number of carbonyl (C=O) groups excluding carboxylic acids is 2. The van der Waals surface area contributed by atoms with Crippen LogP contribution in [0.25, 0.3) is 0 Å². The number of hydrogen-bond donors (Lipinski definition) is 3. The normalized spacial score (nSPS) is 47.2. The molecular weight excluding hydrogens is 612 g/mol. The van der Waals surface area contributed by atoms with Crippen molar-refractivity contribution >= 4 is 18.2 Å². The number of fused-ring (bicyclic) bond motifs is 4. The van der Waals surface area contributed by atoms with Gasteiger partial charge in [0.1, 0.15) is 12.2 Å². The van der Waals surface area contributed by atoms with E-state index < -0.39 is 18.2 Å². The molecular formula is C38H60N2O8. The van der Waals surface area contributed by atoms with Crippen LogP contribution in [0, 0.1) is 56.7 Å². The van der Waals surface area contributed by atoms with E-state index in [1.165, 1.54) is 12.8 Å². The molecule has 13 atom stereocenters. The number of carbonyl (C=O) groups is 3. The minimum atomic E-state index is -0.946. The second-order valence-electron chi connectivity index (χ2n) is 18.5. The van der Waals surface area contributed by atoms with E-state index in [1.807, 2.05) is 0 Å². The Kier molecular flexibility index (Phi) is 8.22. The molecule has 3 N–H and O–H groups in total. The minimum Gasteiger partial charge on any atom is -0.481 e. The zero-order valence-corrected chi connectivity index (χ0v) is 30.3. The van der Waals surface area contributed by atoms with Crippen LogP contribution in [0.2, 0.25) is 0 Å². The molecule has 7 rings (SSSR count). The van der Waals surface area contributed by atoms with E-state index in [9.17, 15) is 19.5 Å². The summed E-state index contributed by atoms with van der Waals surface area (Å²) in [6.45, 7) is 17.5. The molecule has 0 bridgehead atoms. The molecule has 0 radical (unpaired) electrons. The highest BCUT2D eigenvalue weighted by molar-refractivity contribution is 5.70. The maximum atomic E-state index is 12.9. The lowest BCUT2D eigenvalue weighted by molar-refractivity contribution is -0.185. The van der Waals surface area contributed by atoms with Crippen LogP contribution in [0.5, 0.6) is 0 Å². The Morgan fingerprint density at radius 1 is 1.00 bits per heavy atom. The van der Waals surface area contributed by atoms with Crippen molar-refractivity contribution in [1.82, 2.24) is 10.2 Å². The van der Waals surface area contributed by atoms with Crippen molar-refractivity contribution in [3.05, 3.63) is 0 Å². The second kappa shape index (κ2) is 11.5. The number of rotatable bonds is 7. The number of hydrogen-bond acceptors (Lipinski definition) is 7. The Morgan fingerprint density at radius 2 is 1.69 bits per heavy atom. The smallest absolute Gasteiger partial charge is 0.410 e. The molecule has 10 heteroatoms. The molecule has 0 aromatic carbocycles. The van der Waals surface area contributed by atoms with E-state index >= 15 is 0 Å². The van der Waals surface area contributed by atoms with Crippen molar-refractivity contribution in [3.8, 4) is 0 Å². The van der Waals surface area contributed by atoms with Crippen molar-refractivity contribution in [1.29, 1.82) is 0 Å². The largest absolute Gasteiger partial charge is 0.481 e. The Balaban J connectivity index is 1.10. The van der Waals surface area contributed by atoms with E-state index in [-0.39, 0.29) is 82.4 Å². The molecule has 0 aromatic heterocycles. The third-order valence-corrected chi connectivity index (χ3v) is 16.0. The zero-order valence-electron chi connectivity index (χ0n) is 30.3. The van der Waals surface area contributed by atoms with Crippen molar-refractivity contribution in [2.45, 2.75) is 143 Å². The molecule has 0 unspecified atom stereocenters. The third-order valence-electron chi connectivity index (χ3n) is 16.0. The molecule has 270 valence electrons. The van der Waals surface area contributed by atoms with Crippen LogP contribution in [-0.4, -0.2) is 83.4 Å². The number of aliphatic carboxylic acids is 1. The Labute approximate surface area is 286 Å². The molecule has 0 aromatic rings. The predicted molar refractivity (Wildman–Crippen MR) is 178 cm³/mol. The van der Waals surface area contributed by atoms with Crippen LogP contribution >= 0.6 is 0 Å². The number of carboxylic acids is 1. The number of aliphatic hydroxyl groups is 1. The average molecular weight is 673 g/mol. The van der Waals surface area contributed by atoms with Crippen molar-refractivity contribution < 1.29 is 38.8 Å². The Hall–Kier alpha value is -2.07. The van der Waals surface area contributed by atoms with E-state index in [4.69, 9.17) is 19.3 Å². The van der Waals surface area contributed by atoms with E-state index in [2.05, 4.69) is 53.8 Å². The summed E-state index contributed by atoms with van der Waals surface area (Å²) in [5, 5.41) is 24.2. The number of carboxylic acid groups (broad SMARTS) is 1. The summed E-state index contributed by atoms with van der Waals surface area (Å²) in [6, 6.07) is 0. The molecule has 7 fully saturated rings. The van der Waals surface area contributed by atoms with Crippen LogP contribution in [0.15, 0.2) is 0 Å². The summed E-state index contributed by atoms with van der Waals surface area (Å²) < 4.78 is 19.1. The highest BCUT2D eigenvalue weighted by Crippen LogP contribution is 2.89. The molecule has 2 heterocycles. The van der Waals surface area contributed by atoms with Crippen molar-refractivity contribution in [2.75, 3.05) is 19.6 Å². The summed E-state index contributed by atoms with van der Waals surface area (Å²) in [4.78, 5) is 38.2. The summed E-state index contributed by atoms with van der Waals surface area (Å²) in [7, 11) is 0. The topological polar surface area (TPSA) is 135 Å². The van der Waals surface area contributed by atoms with Gasteiger partial charge >= 0.3 is 18.2 Å². The Bertz CT molecular complexity index is 1320. The van der Waals surface area contributed by atoms with Gasteiger partial charge < -0.3 is 34.6 Å².